The van der Waals surface area contributed by atoms with Gasteiger partial charge < -0.3 is 20.1 Å². The normalized spacial score (nSPS) is 17.3. The molecule has 2 aromatic rings. The molecule has 2 aromatic heterocycles. The summed E-state index contributed by atoms with van der Waals surface area (Å²) in [5.41, 5.74) is 0.0448. The van der Waals surface area contributed by atoms with Gasteiger partial charge in [0.2, 0.25) is 11.5 Å². The number of carbonyl (C=O) groups excluding carboxylic acids is 2. The number of hydrogen-bond donors (Lipinski definition) is 3. The second-order valence-corrected chi connectivity index (χ2v) is 8.77. The van der Waals surface area contributed by atoms with Gasteiger partial charge in [0.1, 0.15) is 0 Å². The summed E-state index contributed by atoms with van der Waals surface area (Å²) in [4.78, 5) is 40.1. The van der Waals surface area contributed by atoms with Crippen molar-refractivity contribution >= 4 is 23.5 Å². The number of fused-ring (bicyclic) bond motifs is 1. The molecule has 0 aromatic carbocycles. The predicted octanol–water partition coefficient (Wildman–Crippen LogP) is 0.431. The number of nitrogens with one attached hydrogen (secondary N) is 2. The lowest BCUT2D eigenvalue weighted by atomic mass is 9.93. The Labute approximate surface area is 185 Å². The lowest BCUT2D eigenvalue weighted by molar-refractivity contribution is -0.686. The highest BCUT2D eigenvalue weighted by molar-refractivity contribution is 5.96. The summed E-state index contributed by atoms with van der Waals surface area (Å²) in [6.45, 7) is 6.42. The minimum atomic E-state index is -0.631. The van der Waals surface area contributed by atoms with Crippen LogP contribution < -0.4 is 15.4 Å². The first-order valence-electron chi connectivity index (χ1n) is 11.1. The van der Waals surface area contributed by atoms with E-state index in [2.05, 4.69) is 10.4 Å². The Morgan fingerprint density at radius 1 is 1.34 bits per heavy atom. The van der Waals surface area contributed by atoms with Gasteiger partial charge in [-0.3, -0.25) is 9.59 Å². The SMILES string of the molecule is CC(C)C[n+]1c(O)c(C(=O)NC2CCC2)c(=O)n2[nH]cc(/C=C/C(=O)N3CCOCC3)c21. The summed E-state index contributed by atoms with van der Waals surface area (Å²) in [5, 5.41) is 16.7. The van der Waals surface area contributed by atoms with Gasteiger partial charge in [0.25, 0.3) is 5.91 Å². The number of rotatable bonds is 6. The summed E-state index contributed by atoms with van der Waals surface area (Å²) in [6, 6.07) is 0.0360. The summed E-state index contributed by atoms with van der Waals surface area (Å²) in [5.74, 6) is -0.949. The topological polar surface area (TPSA) is 120 Å². The number of H-pyrrole nitrogens is 1. The molecule has 1 saturated heterocycles. The summed E-state index contributed by atoms with van der Waals surface area (Å²) in [7, 11) is 0. The van der Waals surface area contributed by atoms with E-state index in [1.165, 1.54) is 10.6 Å². The molecule has 3 N–H and O–H groups in total. The predicted molar refractivity (Wildman–Crippen MR) is 116 cm³/mol. The average Bonchev–Trinajstić information content (AvgIpc) is 3.17. The van der Waals surface area contributed by atoms with Crippen LogP contribution in [0.2, 0.25) is 0 Å². The standard InChI is InChI=1S/C22H29N5O5/c1-14(2)13-26-20-15(6-7-17(28)25-8-10-32-11-9-25)12-23-27(20)22(31)18(21(26)30)19(29)24-16-4-3-5-16/h6-7,12,14,16H,3-5,8-11,13H2,1-2H3,(H2,24,29,30,31)/p+1/b7-6+. The Hall–Kier alpha value is -3.14. The molecular weight excluding hydrogens is 414 g/mol. The van der Waals surface area contributed by atoms with E-state index in [0.29, 0.717) is 44.1 Å². The number of morpholine rings is 1. The first-order chi connectivity index (χ1) is 15.4. The van der Waals surface area contributed by atoms with E-state index in [1.54, 1.807) is 21.7 Å². The minimum Gasteiger partial charge on any atom is -0.477 e. The molecule has 3 heterocycles. The second kappa shape index (κ2) is 9.15. The van der Waals surface area contributed by atoms with E-state index in [-0.39, 0.29) is 29.3 Å². The van der Waals surface area contributed by atoms with Crippen molar-refractivity contribution in [3.05, 3.63) is 33.8 Å². The lowest BCUT2D eigenvalue weighted by Crippen LogP contribution is -2.47. The number of aromatic amines is 1. The Morgan fingerprint density at radius 2 is 2.06 bits per heavy atom. The zero-order chi connectivity index (χ0) is 22.8. The first-order valence-corrected chi connectivity index (χ1v) is 11.1. The average molecular weight is 445 g/mol. The number of nitrogens with zero attached hydrogens (tertiary/aromatic N) is 3. The number of amides is 2. The van der Waals surface area contributed by atoms with Gasteiger partial charge in [0, 0.05) is 25.2 Å². The van der Waals surface area contributed by atoms with Crippen molar-refractivity contribution < 1.29 is 24.0 Å². The van der Waals surface area contributed by atoms with E-state index in [1.807, 2.05) is 13.8 Å². The number of carbonyl (C=O) groups is 2. The summed E-state index contributed by atoms with van der Waals surface area (Å²) in [6.07, 6.45) is 7.44. The number of aromatic nitrogens is 3. The molecule has 10 nitrogen and oxygen atoms in total. The molecule has 0 radical (unpaired) electrons. The Kier molecular flexibility index (Phi) is 6.31. The monoisotopic (exact) mass is 444 g/mol. The third-order valence-corrected chi connectivity index (χ3v) is 5.91. The van der Waals surface area contributed by atoms with E-state index in [9.17, 15) is 19.5 Å². The molecule has 32 heavy (non-hydrogen) atoms. The summed E-state index contributed by atoms with van der Waals surface area (Å²) < 4.78 is 8.08. The zero-order valence-electron chi connectivity index (χ0n) is 18.5. The van der Waals surface area contributed by atoms with Crippen LogP contribution in [0.3, 0.4) is 0 Å². The van der Waals surface area contributed by atoms with E-state index in [0.717, 1.165) is 19.3 Å². The van der Waals surface area contributed by atoms with Gasteiger partial charge in [-0.25, -0.2) is 9.89 Å². The molecule has 10 heteroatoms. The summed E-state index contributed by atoms with van der Waals surface area (Å²) >= 11 is 0. The van der Waals surface area contributed by atoms with Crippen LogP contribution >= 0.6 is 0 Å². The fourth-order valence-corrected chi connectivity index (χ4v) is 3.98. The Bertz CT molecular complexity index is 1110. The van der Waals surface area contributed by atoms with E-state index < -0.39 is 11.5 Å². The van der Waals surface area contributed by atoms with Gasteiger partial charge in [-0.1, -0.05) is 18.4 Å². The zero-order valence-corrected chi connectivity index (χ0v) is 18.5. The largest absolute Gasteiger partial charge is 0.477 e. The smallest absolute Gasteiger partial charge is 0.378 e. The van der Waals surface area contributed by atoms with Gasteiger partial charge in [-0.05, 0) is 31.3 Å². The van der Waals surface area contributed by atoms with Crippen molar-refractivity contribution in [3.63, 3.8) is 0 Å². The van der Waals surface area contributed by atoms with Crippen LogP contribution in [0, 0.1) is 5.92 Å². The van der Waals surface area contributed by atoms with Crippen molar-refractivity contribution in [3.8, 4) is 5.88 Å². The Morgan fingerprint density at radius 3 is 2.69 bits per heavy atom. The molecule has 1 aliphatic carbocycles. The third kappa shape index (κ3) is 4.27. The maximum Gasteiger partial charge on any atom is 0.378 e. The third-order valence-electron chi connectivity index (χ3n) is 5.91. The molecule has 172 valence electrons. The van der Waals surface area contributed by atoms with Crippen molar-refractivity contribution in [1.82, 2.24) is 19.8 Å². The van der Waals surface area contributed by atoms with Crippen LogP contribution in [0.15, 0.2) is 17.1 Å². The van der Waals surface area contributed by atoms with Crippen LogP contribution in [0.5, 0.6) is 5.88 Å². The van der Waals surface area contributed by atoms with Crippen molar-refractivity contribution in [2.24, 2.45) is 5.92 Å². The lowest BCUT2D eigenvalue weighted by Gasteiger charge is -2.26. The Balaban J connectivity index is 1.74. The fourth-order valence-electron chi connectivity index (χ4n) is 3.98. The molecule has 0 atom stereocenters. The van der Waals surface area contributed by atoms with Crippen molar-refractivity contribution in [2.75, 3.05) is 26.3 Å². The molecule has 0 spiro atoms. The molecule has 1 aliphatic heterocycles. The number of hydrogen-bond acceptors (Lipinski definition) is 5. The van der Waals surface area contributed by atoms with Crippen LogP contribution in [-0.4, -0.2) is 63.8 Å². The highest BCUT2D eigenvalue weighted by Gasteiger charge is 2.33. The maximum atomic E-state index is 13.1. The first kappa shape index (κ1) is 22.1. The minimum absolute atomic E-state index is 0.0360. The molecule has 2 fully saturated rings. The van der Waals surface area contributed by atoms with Crippen LogP contribution in [0.1, 0.15) is 49.0 Å². The molecule has 0 unspecified atom stereocenters. The number of ether oxygens (including phenoxy) is 1. The van der Waals surface area contributed by atoms with Crippen molar-refractivity contribution in [2.45, 2.75) is 45.7 Å². The highest BCUT2D eigenvalue weighted by atomic mass is 16.5. The molecule has 0 bridgehead atoms. The van der Waals surface area contributed by atoms with Gasteiger partial charge in [-0.2, -0.15) is 4.57 Å². The quantitative estimate of drug-likeness (QED) is 0.441. The van der Waals surface area contributed by atoms with Crippen LogP contribution in [0.25, 0.3) is 11.7 Å². The maximum absolute atomic E-state index is 13.1. The van der Waals surface area contributed by atoms with Gasteiger partial charge >= 0.3 is 17.1 Å². The molecule has 2 aliphatic rings. The fraction of sp³-hybridized carbons (Fsp3) is 0.545. The van der Waals surface area contributed by atoms with E-state index in [4.69, 9.17) is 4.74 Å². The van der Waals surface area contributed by atoms with Crippen LogP contribution in [0.4, 0.5) is 0 Å². The second-order valence-electron chi connectivity index (χ2n) is 8.77. The number of aromatic hydroxyl groups is 1. The van der Waals surface area contributed by atoms with E-state index >= 15 is 0 Å². The highest BCUT2D eigenvalue weighted by Crippen LogP contribution is 2.20. The molecule has 1 saturated carbocycles. The van der Waals surface area contributed by atoms with Crippen molar-refractivity contribution in [1.29, 1.82) is 0 Å². The molecular formula is C22H30N5O5+. The van der Waals surface area contributed by atoms with Gasteiger partial charge in [0.15, 0.2) is 0 Å². The molecule has 2 amide bonds. The van der Waals surface area contributed by atoms with Gasteiger partial charge in [0.05, 0.1) is 31.5 Å². The molecule has 4 rings (SSSR count). The van der Waals surface area contributed by atoms with Crippen LogP contribution in [-0.2, 0) is 16.1 Å². The van der Waals surface area contributed by atoms with Gasteiger partial charge in [-0.15, -0.1) is 0 Å².